The van der Waals surface area contributed by atoms with E-state index in [9.17, 15) is 9.59 Å². The summed E-state index contributed by atoms with van der Waals surface area (Å²) in [5.74, 6) is -2.77. The Morgan fingerprint density at radius 2 is 1.06 bits per heavy atom. The van der Waals surface area contributed by atoms with E-state index >= 15 is 0 Å². The van der Waals surface area contributed by atoms with Crippen molar-refractivity contribution in [3.8, 4) is 0 Å². The smallest absolute Gasteiger partial charge is 0.160 e. The first-order valence-corrected chi connectivity index (χ1v) is 5.05. The van der Waals surface area contributed by atoms with Crippen LogP contribution in [-0.2, 0) is 9.59 Å². The molecular weight excluding hydrogens is 216 g/mol. The van der Waals surface area contributed by atoms with Gasteiger partial charge in [0, 0.05) is 12.8 Å². The molecule has 4 N–H and O–H groups in total. The first-order chi connectivity index (χ1) is 7.27. The number of aliphatic hydroxyl groups excluding tert-OH is 2. The van der Waals surface area contributed by atoms with Gasteiger partial charge in [0.15, 0.2) is 12.6 Å². The zero-order chi connectivity index (χ0) is 12.9. The van der Waals surface area contributed by atoms with E-state index in [4.69, 9.17) is 20.4 Å². The normalized spacial score (nSPS) is 15.2. The van der Waals surface area contributed by atoms with Gasteiger partial charge < -0.3 is 20.4 Å². The van der Waals surface area contributed by atoms with Crippen LogP contribution < -0.4 is 0 Å². The molecule has 0 aromatic rings. The van der Waals surface area contributed by atoms with E-state index in [0.29, 0.717) is 0 Å². The maximum atomic E-state index is 11.3. The Morgan fingerprint density at radius 1 is 0.812 bits per heavy atom. The molecule has 0 amide bonds. The van der Waals surface area contributed by atoms with Crippen molar-refractivity contribution in [1.82, 2.24) is 0 Å². The summed E-state index contributed by atoms with van der Waals surface area (Å²) in [5.41, 5.74) is 0. The van der Waals surface area contributed by atoms with Crippen LogP contribution in [0.25, 0.3) is 0 Å². The lowest BCUT2D eigenvalue weighted by Gasteiger charge is -2.14. The van der Waals surface area contributed by atoms with E-state index in [-0.39, 0.29) is 12.8 Å². The predicted molar refractivity (Wildman–Crippen MR) is 54.0 cm³/mol. The van der Waals surface area contributed by atoms with E-state index in [1.165, 1.54) is 13.8 Å². The number of aliphatic hydroxyl groups is 4. The quantitative estimate of drug-likeness (QED) is 0.411. The number of rotatable bonds is 7. The summed E-state index contributed by atoms with van der Waals surface area (Å²) in [6.07, 6.45) is -3.73. The predicted octanol–water partition coefficient (Wildman–Crippen LogP) is -1.20. The van der Waals surface area contributed by atoms with Crippen LogP contribution in [-0.4, -0.2) is 44.6 Å². The molecule has 16 heavy (non-hydrogen) atoms. The Morgan fingerprint density at radius 3 is 1.25 bits per heavy atom. The minimum atomic E-state index is -1.73. The molecule has 6 heteroatoms. The topological polar surface area (TPSA) is 115 Å². The standard InChI is InChI=1S/C10H18O6/c1-5(9(13)14)7(11)3-4-8(12)6(2)10(15)16/h5-6,9-10,13-16H,3-4H2,1-2H3. The number of carbonyl (C=O) groups excluding carboxylic acids is 2. The first kappa shape index (κ1) is 15.2. The molecular formula is C10H18O6. The van der Waals surface area contributed by atoms with Crippen LogP contribution in [0.15, 0.2) is 0 Å². The van der Waals surface area contributed by atoms with Crippen molar-refractivity contribution in [1.29, 1.82) is 0 Å². The molecule has 2 unspecified atom stereocenters. The van der Waals surface area contributed by atoms with Crippen LogP contribution in [0, 0.1) is 11.8 Å². The number of Topliss-reactive ketones (excluding diaryl/α,β-unsaturated/α-hetero) is 2. The van der Waals surface area contributed by atoms with Gasteiger partial charge in [-0.2, -0.15) is 0 Å². The fraction of sp³-hybridized carbons (Fsp3) is 0.800. The van der Waals surface area contributed by atoms with E-state index in [1.807, 2.05) is 0 Å². The van der Waals surface area contributed by atoms with Crippen molar-refractivity contribution in [3.05, 3.63) is 0 Å². The molecule has 0 radical (unpaired) electrons. The highest BCUT2D eigenvalue weighted by molar-refractivity contribution is 5.88. The molecule has 0 bridgehead atoms. The molecule has 0 spiro atoms. The third-order valence-electron chi connectivity index (χ3n) is 2.53. The Bertz CT molecular complexity index is 222. The van der Waals surface area contributed by atoms with Crippen LogP contribution in [0.3, 0.4) is 0 Å². The molecule has 94 valence electrons. The van der Waals surface area contributed by atoms with Crippen molar-refractivity contribution in [2.75, 3.05) is 0 Å². The lowest BCUT2D eigenvalue weighted by molar-refractivity contribution is -0.143. The third kappa shape index (κ3) is 4.80. The Kier molecular flexibility index (Phi) is 6.35. The van der Waals surface area contributed by atoms with E-state index in [2.05, 4.69) is 0 Å². The largest absolute Gasteiger partial charge is 0.368 e. The molecule has 6 nitrogen and oxygen atoms in total. The SMILES string of the molecule is CC(C(=O)CCC(=O)C(C)C(O)O)C(O)O. The van der Waals surface area contributed by atoms with Crippen LogP contribution >= 0.6 is 0 Å². The minimum Gasteiger partial charge on any atom is -0.368 e. The molecule has 0 aromatic carbocycles. The lowest BCUT2D eigenvalue weighted by Crippen LogP contribution is -2.28. The summed E-state index contributed by atoms with van der Waals surface area (Å²) in [6, 6.07) is 0. The van der Waals surface area contributed by atoms with Gasteiger partial charge in [-0.3, -0.25) is 9.59 Å². The molecule has 2 atom stereocenters. The molecule has 0 fully saturated rings. The Balaban J connectivity index is 4.07. The third-order valence-corrected chi connectivity index (χ3v) is 2.53. The van der Waals surface area contributed by atoms with Crippen molar-refractivity contribution in [3.63, 3.8) is 0 Å². The molecule has 0 aliphatic rings. The highest BCUT2D eigenvalue weighted by atomic mass is 16.5. The number of ketones is 2. The molecule has 0 aromatic heterocycles. The van der Waals surface area contributed by atoms with Gasteiger partial charge in [-0.1, -0.05) is 13.8 Å². The molecule has 0 saturated heterocycles. The van der Waals surface area contributed by atoms with Crippen LogP contribution in [0.2, 0.25) is 0 Å². The molecule has 0 heterocycles. The van der Waals surface area contributed by atoms with Crippen LogP contribution in [0.5, 0.6) is 0 Å². The fourth-order valence-electron chi connectivity index (χ4n) is 1.03. The summed E-state index contributed by atoms with van der Waals surface area (Å²) in [6.45, 7) is 2.70. The molecule has 0 aliphatic heterocycles. The van der Waals surface area contributed by atoms with Gasteiger partial charge in [-0.05, 0) is 0 Å². The summed E-state index contributed by atoms with van der Waals surface area (Å²) in [7, 11) is 0. The Labute approximate surface area is 93.5 Å². The molecule has 0 rings (SSSR count). The summed E-state index contributed by atoms with van der Waals surface area (Å²) in [5, 5.41) is 34.9. The van der Waals surface area contributed by atoms with Gasteiger partial charge in [0.25, 0.3) is 0 Å². The molecule has 0 aliphatic carbocycles. The van der Waals surface area contributed by atoms with Gasteiger partial charge in [-0.25, -0.2) is 0 Å². The van der Waals surface area contributed by atoms with E-state index in [1.54, 1.807) is 0 Å². The second-order valence-corrected chi connectivity index (χ2v) is 3.84. The molecule has 0 saturated carbocycles. The van der Waals surface area contributed by atoms with Crippen molar-refractivity contribution in [2.24, 2.45) is 11.8 Å². The summed E-state index contributed by atoms with van der Waals surface area (Å²) in [4.78, 5) is 22.6. The van der Waals surface area contributed by atoms with Crippen molar-refractivity contribution < 1.29 is 30.0 Å². The van der Waals surface area contributed by atoms with E-state index in [0.717, 1.165) is 0 Å². The second-order valence-electron chi connectivity index (χ2n) is 3.84. The zero-order valence-corrected chi connectivity index (χ0v) is 9.33. The number of carbonyl (C=O) groups is 2. The lowest BCUT2D eigenvalue weighted by atomic mass is 9.96. The van der Waals surface area contributed by atoms with Gasteiger partial charge in [-0.15, -0.1) is 0 Å². The number of hydrogen-bond acceptors (Lipinski definition) is 6. The van der Waals surface area contributed by atoms with Crippen LogP contribution in [0.4, 0.5) is 0 Å². The average Bonchev–Trinajstić information content (AvgIpc) is 2.22. The van der Waals surface area contributed by atoms with Crippen molar-refractivity contribution in [2.45, 2.75) is 39.3 Å². The zero-order valence-electron chi connectivity index (χ0n) is 9.33. The monoisotopic (exact) mass is 234 g/mol. The van der Waals surface area contributed by atoms with Gasteiger partial charge >= 0.3 is 0 Å². The van der Waals surface area contributed by atoms with Crippen LogP contribution in [0.1, 0.15) is 26.7 Å². The average molecular weight is 234 g/mol. The highest BCUT2D eigenvalue weighted by Gasteiger charge is 2.23. The highest BCUT2D eigenvalue weighted by Crippen LogP contribution is 2.11. The Hall–Kier alpha value is -0.820. The van der Waals surface area contributed by atoms with Gasteiger partial charge in [0.2, 0.25) is 0 Å². The van der Waals surface area contributed by atoms with Gasteiger partial charge in [0.05, 0.1) is 11.8 Å². The van der Waals surface area contributed by atoms with Crippen molar-refractivity contribution >= 4 is 11.6 Å². The van der Waals surface area contributed by atoms with Gasteiger partial charge in [0.1, 0.15) is 11.6 Å². The van der Waals surface area contributed by atoms with E-state index < -0.39 is 36.0 Å². The maximum Gasteiger partial charge on any atom is 0.160 e. The minimum absolute atomic E-state index is 0.130. The maximum absolute atomic E-state index is 11.3. The fourth-order valence-corrected chi connectivity index (χ4v) is 1.03. The summed E-state index contributed by atoms with van der Waals surface area (Å²) < 4.78 is 0. The summed E-state index contributed by atoms with van der Waals surface area (Å²) >= 11 is 0. The second kappa shape index (κ2) is 6.70. The first-order valence-electron chi connectivity index (χ1n) is 5.05. The number of hydrogen-bond donors (Lipinski definition) is 4.